The second-order valence-electron chi connectivity index (χ2n) is 4.06. The van der Waals surface area contributed by atoms with E-state index in [4.69, 9.17) is 11.6 Å². The molecule has 0 fully saturated rings. The highest BCUT2D eigenvalue weighted by atomic mass is 35.5. The van der Waals surface area contributed by atoms with Crippen LogP contribution in [0.1, 0.15) is 16.0 Å². The largest absolute Gasteiger partial charge is 0.416 e. The van der Waals surface area contributed by atoms with E-state index in [2.05, 4.69) is 10.3 Å². The van der Waals surface area contributed by atoms with Crippen LogP contribution < -0.4 is 5.32 Å². The van der Waals surface area contributed by atoms with Crippen molar-refractivity contribution in [3.8, 4) is 0 Å². The van der Waals surface area contributed by atoms with Crippen molar-refractivity contribution in [1.82, 2.24) is 4.98 Å². The first-order valence-corrected chi connectivity index (χ1v) is 6.68. The Kier molecular flexibility index (Phi) is 4.19. The van der Waals surface area contributed by atoms with Crippen LogP contribution in [0.4, 0.5) is 23.2 Å². The van der Waals surface area contributed by atoms with Crippen LogP contribution in [-0.4, -0.2) is 4.98 Å². The lowest BCUT2D eigenvalue weighted by Gasteiger charge is -2.14. The molecule has 0 saturated heterocycles. The molecule has 2 aromatic rings. The average molecular weight is 325 g/mol. The number of alkyl halides is 3. The van der Waals surface area contributed by atoms with Crippen molar-refractivity contribution in [3.05, 3.63) is 44.6 Å². The van der Waals surface area contributed by atoms with Crippen molar-refractivity contribution in [2.24, 2.45) is 0 Å². The van der Waals surface area contributed by atoms with E-state index < -0.39 is 23.1 Å². The average Bonchev–Trinajstić information content (AvgIpc) is 2.75. The molecule has 0 unspecified atom stereocenters. The summed E-state index contributed by atoms with van der Waals surface area (Å²) in [5.41, 5.74) is -1.34. The summed E-state index contributed by atoms with van der Waals surface area (Å²) in [6.45, 7) is 1.33. The van der Waals surface area contributed by atoms with Crippen molar-refractivity contribution in [1.29, 1.82) is 0 Å². The van der Waals surface area contributed by atoms with Crippen LogP contribution in [0.25, 0.3) is 0 Å². The molecule has 0 spiro atoms. The Morgan fingerprint density at radius 3 is 2.60 bits per heavy atom. The van der Waals surface area contributed by atoms with E-state index in [0.29, 0.717) is 4.47 Å². The zero-order valence-electron chi connectivity index (χ0n) is 10.2. The molecule has 0 bridgehead atoms. The van der Waals surface area contributed by atoms with Gasteiger partial charge in [0.25, 0.3) is 0 Å². The molecule has 0 aliphatic rings. The van der Waals surface area contributed by atoms with Gasteiger partial charge in [0.05, 0.1) is 12.1 Å². The van der Waals surface area contributed by atoms with Crippen molar-refractivity contribution in [2.45, 2.75) is 19.6 Å². The Hall–Kier alpha value is -1.34. The zero-order chi connectivity index (χ0) is 14.9. The fraction of sp³-hybridized carbons (Fsp3) is 0.250. The van der Waals surface area contributed by atoms with Gasteiger partial charge in [-0.15, -0.1) is 11.3 Å². The highest BCUT2D eigenvalue weighted by molar-refractivity contribution is 7.15. The Balaban J connectivity index is 2.22. The Labute approximate surface area is 121 Å². The van der Waals surface area contributed by atoms with Crippen molar-refractivity contribution in [3.63, 3.8) is 0 Å². The molecular weight excluding hydrogens is 316 g/mol. The Morgan fingerprint density at radius 2 is 2.05 bits per heavy atom. The molecule has 0 saturated carbocycles. The van der Waals surface area contributed by atoms with Crippen LogP contribution in [0.5, 0.6) is 0 Å². The maximum absolute atomic E-state index is 13.5. The Morgan fingerprint density at radius 1 is 1.35 bits per heavy atom. The molecule has 0 aliphatic carbocycles. The quantitative estimate of drug-likeness (QED) is 0.814. The number of nitrogens with one attached hydrogen (secondary N) is 1. The predicted octanol–water partition coefficient (Wildman–Crippen LogP) is 4.87. The third kappa shape index (κ3) is 3.40. The maximum Gasteiger partial charge on any atom is 0.416 e. The number of rotatable bonds is 3. The molecule has 2 rings (SSSR count). The molecule has 8 heteroatoms. The first kappa shape index (κ1) is 15.1. The van der Waals surface area contributed by atoms with Gasteiger partial charge in [-0.05, 0) is 24.6 Å². The first-order valence-electron chi connectivity index (χ1n) is 5.49. The topological polar surface area (TPSA) is 24.9 Å². The van der Waals surface area contributed by atoms with Gasteiger partial charge in [0.2, 0.25) is 0 Å². The highest BCUT2D eigenvalue weighted by Gasteiger charge is 2.33. The molecule has 0 atom stereocenters. The maximum atomic E-state index is 13.5. The number of anilines is 1. The summed E-state index contributed by atoms with van der Waals surface area (Å²) in [7, 11) is 0. The number of nitrogens with zero attached hydrogens (tertiary/aromatic N) is 1. The summed E-state index contributed by atoms with van der Waals surface area (Å²) in [4.78, 5) is 4.55. The van der Waals surface area contributed by atoms with Crippen molar-refractivity contribution < 1.29 is 17.6 Å². The predicted molar refractivity (Wildman–Crippen MR) is 70.6 cm³/mol. The minimum Gasteiger partial charge on any atom is -0.380 e. The lowest BCUT2D eigenvalue weighted by molar-refractivity contribution is -0.138. The van der Waals surface area contributed by atoms with Crippen LogP contribution in [0.3, 0.4) is 0 Å². The first-order chi connectivity index (χ1) is 9.27. The van der Waals surface area contributed by atoms with Gasteiger partial charge in [-0.1, -0.05) is 11.6 Å². The van der Waals surface area contributed by atoms with Crippen LogP contribution in [0.15, 0.2) is 18.3 Å². The minimum atomic E-state index is -4.59. The van der Waals surface area contributed by atoms with Gasteiger partial charge in [-0.3, -0.25) is 0 Å². The third-order valence-electron chi connectivity index (χ3n) is 2.64. The third-order valence-corrected chi connectivity index (χ3v) is 3.76. The number of benzene rings is 1. The number of halogens is 5. The molecule has 0 amide bonds. The summed E-state index contributed by atoms with van der Waals surface area (Å²) in [5.74, 6) is -0.898. The van der Waals surface area contributed by atoms with Crippen molar-refractivity contribution in [2.75, 3.05) is 5.32 Å². The van der Waals surface area contributed by atoms with Gasteiger partial charge in [0.1, 0.15) is 5.82 Å². The Bertz CT molecular complexity index is 624. The van der Waals surface area contributed by atoms with E-state index in [0.717, 1.165) is 23.9 Å². The molecule has 20 heavy (non-hydrogen) atoms. The minimum absolute atomic E-state index is 0.0601. The van der Waals surface area contributed by atoms with Crippen molar-refractivity contribution >= 4 is 28.6 Å². The number of hydrogen-bond acceptors (Lipinski definition) is 3. The second-order valence-corrected chi connectivity index (χ2v) is 5.76. The van der Waals surface area contributed by atoms with Crippen LogP contribution in [-0.2, 0) is 12.7 Å². The SMILES string of the molecule is Cc1c(F)cc(NCc2cnc(Cl)s2)cc1C(F)(F)F. The molecule has 1 aromatic heterocycles. The fourth-order valence-electron chi connectivity index (χ4n) is 1.63. The molecule has 1 aromatic carbocycles. The summed E-state index contributed by atoms with van der Waals surface area (Å²) in [6.07, 6.45) is -3.08. The van der Waals surface area contributed by atoms with Gasteiger partial charge < -0.3 is 5.32 Å². The number of aromatic nitrogens is 1. The van der Waals surface area contributed by atoms with E-state index in [1.54, 1.807) is 0 Å². The van der Waals surface area contributed by atoms with E-state index in [9.17, 15) is 17.6 Å². The van der Waals surface area contributed by atoms with E-state index in [-0.39, 0.29) is 12.2 Å². The lowest BCUT2D eigenvalue weighted by atomic mass is 10.1. The second kappa shape index (κ2) is 5.57. The fourth-order valence-corrected chi connectivity index (χ4v) is 2.55. The van der Waals surface area contributed by atoms with Gasteiger partial charge in [-0.2, -0.15) is 13.2 Å². The van der Waals surface area contributed by atoms with E-state index >= 15 is 0 Å². The van der Waals surface area contributed by atoms with Crippen LogP contribution >= 0.6 is 22.9 Å². The smallest absolute Gasteiger partial charge is 0.380 e. The molecule has 0 radical (unpaired) electrons. The van der Waals surface area contributed by atoms with E-state index in [1.165, 1.54) is 17.5 Å². The summed E-state index contributed by atoms with van der Waals surface area (Å²) < 4.78 is 52.1. The number of thiazole rings is 1. The molecule has 0 aliphatic heterocycles. The lowest BCUT2D eigenvalue weighted by Crippen LogP contribution is -2.10. The van der Waals surface area contributed by atoms with Crippen LogP contribution in [0, 0.1) is 12.7 Å². The molecular formula is C12H9ClF4N2S. The summed E-state index contributed by atoms with van der Waals surface area (Å²) >= 11 is 6.84. The van der Waals surface area contributed by atoms with Crippen LogP contribution in [0.2, 0.25) is 4.47 Å². The molecule has 1 N–H and O–H groups in total. The molecule has 2 nitrogen and oxygen atoms in total. The molecule has 1 heterocycles. The van der Waals surface area contributed by atoms with Gasteiger partial charge in [-0.25, -0.2) is 9.37 Å². The van der Waals surface area contributed by atoms with Gasteiger partial charge >= 0.3 is 6.18 Å². The monoisotopic (exact) mass is 324 g/mol. The standard InChI is InChI=1S/C12H9ClF4N2S/c1-6-9(12(15,16)17)2-7(3-10(6)14)18-4-8-5-19-11(13)20-8/h2-3,5,18H,4H2,1H3. The van der Waals surface area contributed by atoms with E-state index in [1.807, 2.05) is 0 Å². The highest BCUT2D eigenvalue weighted by Crippen LogP contribution is 2.35. The van der Waals surface area contributed by atoms with Gasteiger partial charge in [0, 0.05) is 16.8 Å². The number of hydrogen-bond donors (Lipinski definition) is 1. The summed E-state index contributed by atoms with van der Waals surface area (Å²) in [6, 6.07) is 1.92. The van der Waals surface area contributed by atoms with Gasteiger partial charge in [0.15, 0.2) is 4.47 Å². The zero-order valence-corrected chi connectivity index (χ0v) is 11.8. The molecule has 108 valence electrons. The summed E-state index contributed by atoms with van der Waals surface area (Å²) in [5, 5.41) is 2.73. The normalized spacial score (nSPS) is 11.7.